The van der Waals surface area contributed by atoms with Crippen molar-refractivity contribution in [2.24, 2.45) is 0 Å². The van der Waals surface area contributed by atoms with Crippen LogP contribution in [0.25, 0.3) is 5.57 Å². The maximum atomic E-state index is 12.5. The Kier molecular flexibility index (Phi) is 3.08. The van der Waals surface area contributed by atoms with E-state index >= 15 is 0 Å². The van der Waals surface area contributed by atoms with Crippen molar-refractivity contribution in [3.8, 4) is 0 Å². The van der Waals surface area contributed by atoms with Crippen LogP contribution in [0.2, 0.25) is 0 Å². The van der Waals surface area contributed by atoms with Crippen molar-refractivity contribution < 1.29 is 13.7 Å². The van der Waals surface area contributed by atoms with Crippen LogP contribution in [-0.4, -0.2) is 9.91 Å². The van der Waals surface area contributed by atoms with Gasteiger partial charge in [-0.15, -0.1) is 0 Å². The van der Waals surface area contributed by atoms with Crippen LogP contribution in [0.1, 0.15) is 24.6 Å². The van der Waals surface area contributed by atoms with Gasteiger partial charge in [-0.1, -0.05) is 6.58 Å². The van der Waals surface area contributed by atoms with Crippen LogP contribution in [0, 0.1) is 10.1 Å². The second-order valence-electron chi connectivity index (χ2n) is 2.94. The third kappa shape index (κ3) is 2.15. The molecule has 0 atom stereocenters. The van der Waals surface area contributed by atoms with Crippen LogP contribution >= 0.6 is 0 Å². The molecule has 0 saturated carbocycles. The molecular formula is C9H8F2N2O2. The van der Waals surface area contributed by atoms with E-state index in [1.807, 2.05) is 0 Å². The Morgan fingerprint density at radius 3 is 2.67 bits per heavy atom. The second kappa shape index (κ2) is 4.12. The highest BCUT2D eigenvalue weighted by atomic mass is 19.3. The van der Waals surface area contributed by atoms with Crippen LogP contribution < -0.4 is 0 Å². The summed E-state index contributed by atoms with van der Waals surface area (Å²) in [6.07, 6.45) is -1.79. The number of nitrogens with zero attached hydrogens (tertiary/aromatic N) is 2. The summed E-state index contributed by atoms with van der Waals surface area (Å²) in [6, 6.07) is 0.940. The van der Waals surface area contributed by atoms with Gasteiger partial charge in [0.25, 0.3) is 6.43 Å². The molecule has 0 N–H and O–H groups in total. The average molecular weight is 214 g/mol. The zero-order chi connectivity index (χ0) is 11.6. The van der Waals surface area contributed by atoms with Gasteiger partial charge in [0.1, 0.15) is 5.69 Å². The molecule has 0 unspecified atom stereocenters. The van der Waals surface area contributed by atoms with E-state index in [1.54, 1.807) is 0 Å². The fourth-order valence-corrected chi connectivity index (χ4v) is 1.15. The summed E-state index contributed by atoms with van der Waals surface area (Å²) in [5.74, 6) is 0. The van der Waals surface area contributed by atoms with Gasteiger partial charge in [-0.3, -0.25) is 10.1 Å². The number of alkyl halides is 2. The van der Waals surface area contributed by atoms with Gasteiger partial charge < -0.3 is 0 Å². The Morgan fingerprint density at radius 2 is 2.27 bits per heavy atom. The van der Waals surface area contributed by atoms with E-state index in [9.17, 15) is 18.9 Å². The Balaban J connectivity index is 3.48. The monoisotopic (exact) mass is 214 g/mol. The molecule has 0 spiro atoms. The molecule has 0 bridgehead atoms. The number of hydrogen-bond acceptors (Lipinski definition) is 3. The number of nitro groups is 1. The molecule has 0 aliphatic rings. The van der Waals surface area contributed by atoms with E-state index in [0.717, 1.165) is 12.3 Å². The van der Waals surface area contributed by atoms with Crippen LogP contribution in [0.15, 0.2) is 18.8 Å². The number of pyridine rings is 1. The lowest BCUT2D eigenvalue weighted by atomic mass is 10.1. The molecule has 80 valence electrons. The van der Waals surface area contributed by atoms with E-state index in [2.05, 4.69) is 11.6 Å². The molecule has 1 aromatic rings. The smallest absolute Gasteiger partial charge is 0.258 e. The first-order valence-corrected chi connectivity index (χ1v) is 4.02. The highest BCUT2D eigenvalue weighted by molar-refractivity contribution is 5.68. The lowest BCUT2D eigenvalue weighted by Crippen LogP contribution is -2.01. The molecule has 0 radical (unpaired) electrons. The van der Waals surface area contributed by atoms with Gasteiger partial charge in [0.2, 0.25) is 0 Å². The van der Waals surface area contributed by atoms with Gasteiger partial charge in [-0.2, -0.15) is 0 Å². The van der Waals surface area contributed by atoms with Gasteiger partial charge in [-0.05, 0) is 18.6 Å². The number of rotatable bonds is 3. The summed E-state index contributed by atoms with van der Waals surface area (Å²) in [5, 5.41) is 10.6. The fraction of sp³-hybridized carbons (Fsp3) is 0.222. The highest BCUT2D eigenvalue weighted by Crippen LogP contribution is 2.32. The summed E-state index contributed by atoms with van der Waals surface area (Å²) >= 11 is 0. The topological polar surface area (TPSA) is 56.0 Å². The first kappa shape index (κ1) is 11.2. The Labute approximate surface area is 84.4 Å². The minimum Gasteiger partial charge on any atom is -0.258 e. The fourth-order valence-electron chi connectivity index (χ4n) is 1.15. The van der Waals surface area contributed by atoms with Crippen LogP contribution in [0.5, 0.6) is 0 Å². The number of halogens is 2. The molecule has 0 aliphatic carbocycles. The van der Waals surface area contributed by atoms with Gasteiger partial charge in [0.05, 0.1) is 10.5 Å². The number of aromatic nitrogens is 1. The van der Waals surface area contributed by atoms with Crippen LogP contribution in [-0.2, 0) is 0 Å². The van der Waals surface area contributed by atoms with E-state index < -0.39 is 22.6 Å². The predicted octanol–water partition coefficient (Wildman–Crippen LogP) is 2.96. The van der Waals surface area contributed by atoms with Gasteiger partial charge >= 0.3 is 5.69 Å². The van der Waals surface area contributed by atoms with Crippen molar-refractivity contribution >= 4 is 11.3 Å². The maximum absolute atomic E-state index is 12.5. The minimum atomic E-state index is -2.90. The standard InChI is InChI=1S/C9H8F2N2O2/c1-5(2)7-8(13(14)15)6(9(10)11)3-4-12-7/h3-4,9H,1H2,2H3. The molecule has 0 amide bonds. The number of allylic oxidation sites excluding steroid dienone is 1. The lowest BCUT2D eigenvalue weighted by molar-refractivity contribution is -0.386. The molecule has 0 saturated heterocycles. The van der Waals surface area contributed by atoms with Crippen LogP contribution in [0.4, 0.5) is 14.5 Å². The Bertz CT molecular complexity index is 419. The third-order valence-electron chi connectivity index (χ3n) is 1.78. The van der Waals surface area contributed by atoms with Gasteiger partial charge in [0, 0.05) is 6.20 Å². The first-order valence-electron chi connectivity index (χ1n) is 4.02. The van der Waals surface area contributed by atoms with Gasteiger partial charge in [0.15, 0.2) is 0 Å². The molecule has 1 rings (SSSR count). The summed E-state index contributed by atoms with van der Waals surface area (Å²) in [4.78, 5) is 13.4. The van der Waals surface area contributed by atoms with E-state index in [0.29, 0.717) is 0 Å². The second-order valence-corrected chi connectivity index (χ2v) is 2.94. The van der Waals surface area contributed by atoms with Crippen molar-refractivity contribution in [2.75, 3.05) is 0 Å². The molecule has 1 aromatic heterocycles. The van der Waals surface area contributed by atoms with Crippen molar-refractivity contribution in [3.05, 3.63) is 40.2 Å². The lowest BCUT2D eigenvalue weighted by Gasteiger charge is -2.05. The normalized spacial score (nSPS) is 10.4. The molecule has 0 aromatic carbocycles. The SMILES string of the molecule is C=C(C)c1nccc(C(F)F)c1[N+](=O)[O-]. The number of hydrogen-bond donors (Lipinski definition) is 0. The van der Waals surface area contributed by atoms with Crippen molar-refractivity contribution in [2.45, 2.75) is 13.3 Å². The third-order valence-corrected chi connectivity index (χ3v) is 1.78. The minimum absolute atomic E-state index is 0.0993. The molecular weight excluding hydrogens is 206 g/mol. The van der Waals surface area contributed by atoms with E-state index in [-0.39, 0.29) is 11.3 Å². The van der Waals surface area contributed by atoms with Crippen LogP contribution in [0.3, 0.4) is 0 Å². The molecule has 6 heteroatoms. The zero-order valence-electron chi connectivity index (χ0n) is 7.91. The van der Waals surface area contributed by atoms with Crippen molar-refractivity contribution in [1.82, 2.24) is 4.98 Å². The molecule has 15 heavy (non-hydrogen) atoms. The average Bonchev–Trinajstić information content (AvgIpc) is 2.16. The van der Waals surface area contributed by atoms with Crippen molar-refractivity contribution in [3.63, 3.8) is 0 Å². The Morgan fingerprint density at radius 1 is 1.67 bits per heavy atom. The molecule has 0 fully saturated rings. The molecule has 0 aliphatic heterocycles. The molecule has 4 nitrogen and oxygen atoms in total. The zero-order valence-corrected chi connectivity index (χ0v) is 7.91. The van der Waals surface area contributed by atoms with E-state index in [4.69, 9.17) is 0 Å². The Hall–Kier alpha value is -1.85. The predicted molar refractivity (Wildman–Crippen MR) is 50.6 cm³/mol. The van der Waals surface area contributed by atoms with E-state index in [1.165, 1.54) is 6.92 Å². The molecule has 1 heterocycles. The summed E-state index contributed by atoms with van der Waals surface area (Å²) in [5.41, 5.74) is -1.12. The largest absolute Gasteiger partial charge is 0.303 e. The van der Waals surface area contributed by atoms with Gasteiger partial charge in [-0.25, -0.2) is 13.8 Å². The first-order chi connectivity index (χ1) is 6.95. The summed E-state index contributed by atoms with van der Waals surface area (Å²) < 4.78 is 24.9. The quantitative estimate of drug-likeness (QED) is 0.574. The highest BCUT2D eigenvalue weighted by Gasteiger charge is 2.26. The maximum Gasteiger partial charge on any atom is 0.303 e. The summed E-state index contributed by atoms with van der Waals surface area (Å²) in [6.45, 7) is 4.93. The van der Waals surface area contributed by atoms with Crippen molar-refractivity contribution in [1.29, 1.82) is 0 Å². The summed E-state index contributed by atoms with van der Waals surface area (Å²) in [7, 11) is 0.